The number of ether oxygens (including phenoxy) is 1. The maximum atomic E-state index is 12.4. The number of hydrogen-bond donors (Lipinski definition) is 2. The van der Waals surface area contributed by atoms with Crippen molar-refractivity contribution < 1.29 is 14.3 Å². The lowest BCUT2D eigenvalue weighted by Gasteiger charge is -2.10. The Morgan fingerprint density at radius 1 is 1.32 bits per heavy atom. The zero-order valence-corrected chi connectivity index (χ0v) is 17.5. The average molecular weight is 422 g/mol. The monoisotopic (exact) mass is 421 g/mol. The van der Waals surface area contributed by atoms with E-state index >= 15 is 0 Å². The van der Waals surface area contributed by atoms with E-state index in [0.717, 1.165) is 35.2 Å². The molecule has 3 N–H and O–H groups in total. The summed E-state index contributed by atoms with van der Waals surface area (Å²) in [6.45, 7) is 1.99. The third-order valence-electron chi connectivity index (χ3n) is 4.84. The quantitative estimate of drug-likeness (QED) is 0.498. The number of nitrogen functional groups attached to an aromatic ring is 1. The van der Waals surface area contributed by atoms with Crippen LogP contribution in [0.3, 0.4) is 0 Å². The number of thioether (sulfide) groups is 1. The summed E-state index contributed by atoms with van der Waals surface area (Å²) in [5, 5.41) is 12.6. The van der Waals surface area contributed by atoms with Gasteiger partial charge in [-0.05, 0) is 32.6 Å². The molecule has 0 atom stereocenters. The standard InChI is InChI=1S/C18H23N5O3S2/c1-3-26-17(25)12-11(13(16(24)20-2)28-14(12)19)8-27-18-22-21-15(9-4-5-9)23(18)10-6-7-10/h9-10H,3-8,19H2,1-2H3,(H,20,24). The summed E-state index contributed by atoms with van der Waals surface area (Å²) < 4.78 is 7.41. The van der Waals surface area contributed by atoms with Gasteiger partial charge in [0.15, 0.2) is 5.16 Å². The minimum absolute atomic E-state index is 0.247. The van der Waals surface area contributed by atoms with Crippen molar-refractivity contribution >= 4 is 40.0 Å². The van der Waals surface area contributed by atoms with E-state index in [-0.39, 0.29) is 18.1 Å². The molecule has 2 heterocycles. The first kappa shape index (κ1) is 19.3. The van der Waals surface area contributed by atoms with Gasteiger partial charge in [-0.2, -0.15) is 0 Å². The highest BCUT2D eigenvalue weighted by atomic mass is 32.2. The highest BCUT2D eigenvalue weighted by Gasteiger charge is 2.36. The molecule has 2 fully saturated rings. The van der Waals surface area contributed by atoms with E-state index in [1.807, 2.05) is 0 Å². The summed E-state index contributed by atoms with van der Waals surface area (Å²) in [7, 11) is 1.56. The Kier molecular flexibility index (Phi) is 5.33. The average Bonchev–Trinajstić information content (AvgIpc) is 3.61. The van der Waals surface area contributed by atoms with Crippen molar-refractivity contribution in [3.05, 3.63) is 21.8 Å². The Morgan fingerprint density at radius 2 is 2.07 bits per heavy atom. The second-order valence-electron chi connectivity index (χ2n) is 6.95. The number of hydrogen-bond acceptors (Lipinski definition) is 8. The molecule has 4 rings (SSSR count). The van der Waals surface area contributed by atoms with Crippen LogP contribution in [0.5, 0.6) is 0 Å². The number of carbonyl (C=O) groups excluding carboxylic acids is 2. The van der Waals surface area contributed by atoms with E-state index in [1.54, 1.807) is 14.0 Å². The summed E-state index contributed by atoms with van der Waals surface area (Å²) in [6.07, 6.45) is 4.64. The number of esters is 1. The third-order valence-corrected chi connectivity index (χ3v) is 6.87. The Hall–Kier alpha value is -2.07. The van der Waals surface area contributed by atoms with Crippen LogP contribution in [0.15, 0.2) is 5.16 Å². The molecule has 0 radical (unpaired) electrons. The molecule has 8 nitrogen and oxygen atoms in total. The van der Waals surface area contributed by atoms with Gasteiger partial charge in [0.2, 0.25) is 0 Å². The van der Waals surface area contributed by atoms with Crippen LogP contribution in [-0.2, 0) is 10.5 Å². The molecule has 2 aromatic heterocycles. The SMILES string of the molecule is CCOC(=O)c1c(N)sc(C(=O)NC)c1CSc1nnc(C2CC2)n1C1CC1. The Bertz CT molecular complexity index is 915. The smallest absolute Gasteiger partial charge is 0.341 e. The Labute approximate surface area is 171 Å². The van der Waals surface area contributed by atoms with Crippen LogP contribution in [0.1, 0.15) is 76.0 Å². The molecule has 150 valence electrons. The number of anilines is 1. The van der Waals surface area contributed by atoms with Crippen molar-refractivity contribution in [3.8, 4) is 0 Å². The third kappa shape index (κ3) is 3.62. The van der Waals surface area contributed by atoms with Crippen LogP contribution < -0.4 is 11.1 Å². The van der Waals surface area contributed by atoms with Gasteiger partial charge in [-0.25, -0.2) is 4.79 Å². The van der Waals surface area contributed by atoms with Gasteiger partial charge < -0.3 is 20.4 Å². The molecule has 28 heavy (non-hydrogen) atoms. The first-order valence-corrected chi connectivity index (χ1v) is 11.2. The lowest BCUT2D eigenvalue weighted by Crippen LogP contribution is -2.18. The van der Waals surface area contributed by atoms with Gasteiger partial charge in [-0.15, -0.1) is 21.5 Å². The van der Waals surface area contributed by atoms with Crippen molar-refractivity contribution in [1.82, 2.24) is 20.1 Å². The van der Waals surface area contributed by atoms with Gasteiger partial charge in [0.05, 0.1) is 17.0 Å². The van der Waals surface area contributed by atoms with Crippen LogP contribution >= 0.6 is 23.1 Å². The van der Waals surface area contributed by atoms with Crippen molar-refractivity contribution in [2.24, 2.45) is 0 Å². The number of amides is 1. The zero-order valence-electron chi connectivity index (χ0n) is 15.9. The number of rotatable bonds is 8. The first-order chi connectivity index (χ1) is 13.5. The number of carbonyl (C=O) groups is 2. The fraction of sp³-hybridized carbons (Fsp3) is 0.556. The molecule has 2 aromatic rings. The number of thiophene rings is 1. The maximum Gasteiger partial charge on any atom is 0.341 e. The van der Waals surface area contributed by atoms with Crippen molar-refractivity contribution in [2.75, 3.05) is 19.4 Å². The Morgan fingerprint density at radius 3 is 2.68 bits per heavy atom. The van der Waals surface area contributed by atoms with E-state index in [2.05, 4.69) is 20.1 Å². The largest absolute Gasteiger partial charge is 0.462 e. The number of nitrogens with zero attached hydrogens (tertiary/aromatic N) is 3. The van der Waals surface area contributed by atoms with Gasteiger partial charge in [0.25, 0.3) is 5.91 Å². The van der Waals surface area contributed by atoms with Crippen LogP contribution in [0.4, 0.5) is 5.00 Å². The summed E-state index contributed by atoms with van der Waals surface area (Å²) in [5.41, 5.74) is 6.96. The molecule has 0 spiro atoms. The van der Waals surface area contributed by atoms with Gasteiger partial charge in [0.1, 0.15) is 10.8 Å². The van der Waals surface area contributed by atoms with Gasteiger partial charge in [-0.3, -0.25) is 4.79 Å². The number of nitrogens with two attached hydrogens (primary N) is 1. The van der Waals surface area contributed by atoms with Crippen molar-refractivity contribution in [1.29, 1.82) is 0 Å². The molecule has 1 amide bonds. The molecule has 0 bridgehead atoms. The molecular formula is C18H23N5O3S2. The maximum absolute atomic E-state index is 12.4. The predicted molar refractivity (Wildman–Crippen MR) is 108 cm³/mol. The van der Waals surface area contributed by atoms with Gasteiger partial charge >= 0.3 is 5.97 Å². The summed E-state index contributed by atoms with van der Waals surface area (Å²) in [6, 6.07) is 0.476. The van der Waals surface area contributed by atoms with E-state index < -0.39 is 5.97 Å². The zero-order chi connectivity index (χ0) is 19.8. The van der Waals surface area contributed by atoms with Crippen LogP contribution in [0.2, 0.25) is 0 Å². The van der Waals surface area contributed by atoms with Crippen LogP contribution in [-0.4, -0.2) is 40.3 Å². The minimum Gasteiger partial charge on any atom is -0.462 e. The van der Waals surface area contributed by atoms with E-state index in [0.29, 0.717) is 33.2 Å². The van der Waals surface area contributed by atoms with E-state index in [9.17, 15) is 9.59 Å². The number of aromatic nitrogens is 3. The fourth-order valence-electron chi connectivity index (χ4n) is 3.17. The van der Waals surface area contributed by atoms with Crippen molar-refractivity contribution in [3.63, 3.8) is 0 Å². The van der Waals surface area contributed by atoms with Crippen LogP contribution in [0.25, 0.3) is 0 Å². The molecule has 2 aliphatic rings. The second-order valence-corrected chi connectivity index (χ2v) is 8.95. The molecule has 0 aromatic carbocycles. The molecular weight excluding hydrogens is 398 g/mol. The molecule has 0 saturated heterocycles. The topological polar surface area (TPSA) is 112 Å². The molecule has 0 aliphatic heterocycles. The summed E-state index contributed by atoms with van der Waals surface area (Å²) in [4.78, 5) is 25.2. The van der Waals surface area contributed by atoms with Crippen molar-refractivity contribution in [2.45, 2.75) is 55.5 Å². The molecule has 2 aliphatic carbocycles. The first-order valence-electron chi connectivity index (χ1n) is 9.43. The fourth-order valence-corrected chi connectivity index (χ4v) is 5.32. The number of nitrogens with one attached hydrogen (secondary N) is 1. The van der Waals surface area contributed by atoms with Gasteiger partial charge in [-0.1, -0.05) is 11.8 Å². The highest BCUT2D eigenvalue weighted by molar-refractivity contribution is 7.98. The van der Waals surface area contributed by atoms with E-state index in [1.165, 1.54) is 24.6 Å². The minimum atomic E-state index is -0.496. The lowest BCUT2D eigenvalue weighted by molar-refractivity contribution is 0.0527. The summed E-state index contributed by atoms with van der Waals surface area (Å²) in [5.74, 6) is 1.25. The Balaban J connectivity index is 1.64. The highest BCUT2D eigenvalue weighted by Crippen LogP contribution is 2.46. The lowest BCUT2D eigenvalue weighted by atomic mass is 10.1. The molecule has 0 unspecified atom stereocenters. The predicted octanol–water partition coefficient (Wildman–Crippen LogP) is 2.96. The normalized spacial score (nSPS) is 16.2. The molecule has 10 heteroatoms. The van der Waals surface area contributed by atoms with E-state index in [4.69, 9.17) is 10.5 Å². The molecule has 2 saturated carbocycles. The second kappa shape index (κ2) is 7.75. The van der Waals surface area contributed by atoms with Crippen LogP contribution in [0, 0.1) is 0 Å². The van der Waals surface area contributed by atoms with Gasteiger partial charge in [0, 0.05) is 30.3 Å². The summed E-state index contributed by atoms with van der Waals surface area (Å²) >= 11 is 2.61.